The Labute approximate surface area is 173 Å². The summed E-state index contributed by atoms with van der Waals surface area (Å²) < 4.78 is 9.26. The largest absolute Gasteiger partial charge is 0.494 e. The van der Waals surface area contributed by atoms with E-state index in [1.165, 1.54) is 6.07 Å². The molecule has 7 heteroatoms. The second-order valence-electron chi connectivity index (χ2n) is 7.22. The van der Waals surface area contributed by atoms with Crippen molar-refractivity contribution in [2.24, 2.45) is 0 Å². The second kappa shape index (κ2) is 8.41. The minimum atomic E-state index is -0.286. The number of hydrogen-bond donors (Lipinski definition) is 1. The number of ether oxygens (including phenoxy) is 1. The van der Waals surface area contributed by atoms with Gasteiger partial charge in [-0.15, -0.1) is 0 Å². The van der Waals surface area contributed by atoms with E-state index in [0.717, 1.165) is 34.3 Å². The maximum atomic E-state index is 12.7. The van der Waals surface area contributed by atoms with Crippen LogP contribution in [0.25, 0.3) is 16.6 Å². The predicted octanol–water partition coefficient (Wildman–Crippen LogP) is 3.06. The number of carbonyl (C=O) groups is 1. The van der Waals surface area contributed by atoms with E-state index in [4.69, 9.17) is 4.74 Å². The number of nitrogens with one attached hydrogen (secondary N) is 1. The van der Waals surface area contributed by atoms with Gasteiger partial charge in [-0.05, 0) is 43.2 Å². The average Bonchev–Trinajstić information content (AvgIpc) is 3.05. The van der Waals surface area contributed by atoms with Gasteiger partial charge >= 0.3 is 0 Å². The molecule has 2 aromatic carbocycles. The summed E-state index contributed by atoms with van der Waals surface area (Å²) in [4.78, 5) is 28.8. The van der Waals surface area contributed by atoms with Gasteiger partial charge in [-0.1, -0.05) is 31.2 Å². The third-order valence-electron chi connectivity index (χ3n) is 4.93. The van der Waals surface area contributed by atoms with Gasteiger partial charge in [-0.25, -0.2) is 4.52 Å². The van der Waals surface area contributed by atoms with Crippen LogP contribution >= 0.6 is 0 Å². The third kappa shape index (κ3) is 3.91. The molecule has 0 aliphatic rings. The van der Waals surface area contributed by atoms with E-state index >= 15 is 0 Å². The van der Waals surface area contributed by atoms with E-state index in [1.54, 1.807) is 0 Å². The molecule has 2 aromatic heterocycles. The highest BCUT2D eigenvalue weighted by atomic mass is 16.5. The molecular formula is C23H24N4O3. The van der Waals surface area contributed by atoms with Crippen molar-refractivity contribution in [3.63, 3.8) is 0 Å². The van der Waals surface area contributed by atoms with Gasteiger partial charge in [0, 0.05) is 23.7 Å². The van der Waals surface area contributed by atoms with Crippen molar-refractivity contribution >= 4 is 22.5 Å². The molecule has 0 atom stereocenters. The molecule has 30 heavy (non-hydrogen) atoms. The lowest BCUT2D eigenvalue weighted by Crippen LogP contribution is -2.29. The highest BCUT2D eigenvalue weighted by Crippen LogP contribution is 2.21. The molecule has 1 N–H and O–H groups in total. The van der Waals surface area contributed by atoms with Gasteiger partial charge in [0.25, 0.3) is 5.56 Å². The fourth-order valence-corrected chi connectivity index (χ4v) is 3.54. The lowest BCUT2D eigenvalue weighted by molar-refractivity contribution is -0.122. The Hall–Kier alpha value is -3.61. The Morgan fingerprint density at radius 1 is 1.13 bits per heavy atom. The molecular weight excluding hydrogens is 380 g/mol. The van der Waals surface area contributed by atoms with Gasteiger partial charge < -0.3 is 10.1 Å². The van der Waals surface area contributed by atoms with Crippen molar-refractivity contribution in [3.05, 3.63) is 76.2 Å². The highest BCUT2D eigenvalue weighted by molar-refractivity contribution is 5.93. The van der Waals surface area contributed by atoms with E-state index < -0.39 is 0 Å². The summed E-state index contributed by atoms with van der Waals surface area (Å²) in [6, 6.07) is 16.8. The van der Waals surface area contributed by atoms with Crippen LogP contribution in [0.15, 0.2) is 59.4 Å². The molecule has 1 amide bonds. The number of nitrogens with zero attached hydrogens (tertiary/aromatic N) is 3. The number of rotatable bonds is 7. The van der Waals surface area contributed by atoms with Crippen LogP contribution in [-0.4, -0.2) is 26.7 Å². The van der Waals surface area contributed by atoms with Crippen LogP contribution in [0.4, 0.5) is 0 Å². The summed E-state index contributed by atoms with van der Waals surface area (Å²) >= 11 is 0. The molecule has 0 spiro atoms. The first kappa shape index (κ1) is 19.7. The maximum Gasteiger partial charge on any atom is 0.273 e. The molecule has 0 radical (unpaired) electrons. The lowest BCUT2D eigenvalue weighted by atomic mass is 10.2. The highest BCUT2D eigenvalue weighted by Gasteiger charge is 2.15. The summed E-state index contributed by atoms with van der Waals surface area (Å²) in [5, 5.41) is 3.81. The number of benzene rings is 2. The van der Waals surface area contributed by atoms with Crippen molar-refractivity contribution in [1.29, 1.82) is 0 Å². The first-order valence-corrected chi connectivity index (χ1v) is 10.0. The fraction of sp³-hybridized carbons (Fsp3) is 0.261. The lowest BCUT2D eigenvalue weighted by Gasteiger charge is -2.11. The Morgan fingerprint density at radius 2 is 1.90 bits per heavy atom. The van der Waals surface area contributed by atoms with E-state index in [2.05, 4.69) is 17.2 Å². The van der Waals surface area contributed by atoms with Crippen LogP contribution in [0.3, 0.4) is 0 Å². The van der Waals surface area contributed by atoms with Gasteiger partial charge in [0.1, 0.15) is 12.3 Å². The molecule has 0 bridgehead atoms. The Kier molecular flexibility index (Phi) is 5.52. The van der Waals surface area contributed by atoms with Gasteiger partial charge in [0.2, 0.25) is 5.91 Å². The van der Waals surface area contributed by atoms with E-state index in [0.29, 0.717) is 18.8 Å². The summed E-state index contributed by atoms with van der Waals surface area (Å²) in [7, 11) is 0. The zero-order valence-electron chi connectivity index (χ0n) is 17.1. The first-order valence-electron chi connectivity index (χ1n) is 10.0. The molecule has 4 rings (SSSR count). The fourth-order valence-electron chi connectivity index (χ4n) is 3.54. The molecule has 2 heterocycles. The van der Waals surface area contributed by atoms with Crippen LogP contribution < -0.4 is 15.6 Å². The predicted molar refractivity (Wildman–Crippen MR) is 116 cm³/mol. The molecule has 4 aromatic rings. The summed E-state index contributed by atoms with van der Waals surface area (Å²) in [6.45, 7) is 5.14. The number of aryl methyl sites for hydroxylation is 1. The molecule has 154 valence electrons. The normalized spacial score (nSPS) is 11.1. The maximum absolute atomic E-state index is 12.7. The molecule has 7 nitrogen and oxygen atoms in total. The number of amides is 1. The van der Waals surface area contributed by atoms with Crippen LogP contribution in [0.1, 0.15) is 24.6 Å². The summed E-state index contributed by atoms with van der Waals surface area (Å²) in [6.07, 6.45) is 0.962. The van der Waals surface area contributed by atoms with E-state index in [1.807, 2.05) is 64.7 Å². The minimum absolute atomic E-state index is 0.118. The number of hydrogen-bond acceptors (Lipinski definition) is 4. The Balaban J connectivity index is 1.54. The Bertz CT molecular complexity index is 1260. The molecule has 0 aliphatic carbocycles. The standard InChI is InChI=1S/C23H24N4O3/c1-3-12-30-18-10-8-17(9-11-18)14-24-22(29)15-26-20-7-5-4-6-19(20)23-25-21(28)13-16(2)27(23)26/h4-11,13H,3,12,14-15H2,1-2H3,(H,24,29). The van der Waals surface area contributed by atoms with Crippen LogP contribution in [-0.2, 0) is 17.9 Å². The minimum Gasteiger partial charge on any atom is -0.494 e. The summed E-state index contributed by atoms with van der Waals surface area (Å²) in [5.74, 6) is 0.705. The molecule has 0 saturated carbocycles. The van der Waals surface area contributed by atoms with E-state index in [9.17, 15) is 9.59 Å². The van der Waals surface area contributed by atoms with Crippen molar-refractivity contribution in [3.8, 4) is 5.75 Å². The van der Waals surface area contributed by atoms with E-state index in [-0.39, 0.29) is 18.0 Å². The third-order valence-corrected chi connectivity index (χ3v) is 4.93. The first-order chi connectivity index (χ1) is 14.6. The number of carbonyl (C=O) groups excluding carboxylic acids is 1. The van der Waals surface area contributed by atoms with Crippen molar-refractivity contribution in [2.45, 2.75) is 33.4 Å². The Morgan fingerprint density at radius 3 is 2.67 bits per heavy atom. The number of fused-ring (bicyclic) bond motifs is 3. The molecule has 0 unspecified atom stereocenters. The van der Waals surface area contributed by atoms with Crippen LogP contribution in [0.5, 0.6) is 5.75 Å². The summed E-state index contributed by atoms with van der Waals surface area (Å²) in [5.41, 5.74) is 2.86. The van der Waals surface area contributed by atoms with Gasteiger partial charge in [0.05, 0.1) is 12.1 Å². The second-order valence-corrected chi connectivity index (χ2v) is 7.22. The number of para-hydroxylation sites is 1. The van der Waals surface area contributed by atoms with Crippen molar-refractivity contribution in [1.82, 2.24) is 19.5 Å². The molecule has 0 fully saturated rings. The topological polar surface area (TPSA) is 77.6 Å². The smallest absolute Gasteiger partial charge is 0.273 e. The average molecular weight is 404 g/mol. The quantitative estimate of drug-likeness (QED) is 0.514. The SMILES string of the molecule is CCCOc1ccc(CNC(=O)Cn2c3ccccc3c3nc(=O)cc(C)n32)cc1. The van der Waals surface area contributed by atoms with Gasteiger partial charge in [-0.2, -0.15) is 4.98 Å². The molecule has 0 saturated heterocycles. The van der Waals surface area contributed by atoms with Crippen LogP contribution in [0, 0.1) is 6.92 Å². The van der Waals surface area contributed by atoms with Crippen LogP contribution in [0.2, 0.25) is 0 Å². The monoisotopic (exact) mass is 404 g/mol. The van der Waals surface area contributed by atoms with Crippen molar-refractivity contribution < 1.29 is 9.53 Å². The zero-order chi connectivity index (χ0) is 21.1. The van der Waals surface area contributed by atoms with Crippen molar-refractivity contribution in [2.75, 3.05) is 6.61 Å². The number of aromatic nitrogens is 3. The van der Waals surface area contributed by atoms with Gasteiger partial charge in [-0.3, -0.25) is 14.3 Å². The zero-order valence-corrected chi connectivity index (χ0v) is 17.1. The van der Waals surface area contributed by atoms with Gasteiger partial charge in [0.15, 0.2) is 5.65 Å². The molecule has 0 aliphatic heterocycles.